The zero-order valence-corrected chi connectivity index (χ0v) is 24.6. The molecule has 4 unspecified atom stereocenters. The lowest BCUT2D eigenvalue weighted by molar-refractivity contribution is -0.384. The van der Waals surface area contributed by atoms with E-state index in [0.29, 0.717) is 11.3 Å². The van der Waals surface area contributed by atoms with Crippen molar-refractivity contribution < 1.29 is 29.1 Å². The van der Waals surface area contributed by atoms with Crippen molar-refractivity contribution in [3.05, 3.63) is 142 Å². The smallest absolute Gasteiger partial charge is 0.315 e. The molecule has 0 bridgehead atoms. The Kier molecular flexibility index (Phi) is 9.64. The first-order valence-electron chi connectivity index (χ1n) is 14.5. The van der Waals surface area contributed by atoms with Gasteiger partial charge < -0.3 is 14.6 Å². The highest BCUT2D eigenvalue weighted by Gasteiger charge is 2.56. The highest BCUT2D eigenvalue weighted by atomic mass is 16.6. The van der Waals surface area contributed by atoms with Crippen molar-refractivity contribution in [3.8, 4) is 0 Å². The van der Waals surface area contributed by atoms with Gasteiger partial charge in [0.2, 0.25) is 0 Å². The molecule has 0 aromatic heterocycles. The number of rotatable bonds is 10. The molecule has 0 heterocycles. The fourth-order valence-electron chi connectivity index (χ4n) is 5.65. The number of nitro benzene ring substituents is 1. The number of nitro groups is 1. The van der Waals surface area contributed by atoms with Crippen LogP contribution in [0.5, 0.6) is 0 Å². The Morgan fingerprint density at radius 3 is 1.89 bits per heavy atom. The molecule has 0 spiro atoms. The van der Waals surface area contributed by atoms with Crippen molar-refractivity contribution >= 4 is 29.0 Å². The van der Waals surface area contributed by atoms with Crippen LogP contribution in [-0.2, 0) is 32.3 Å². The molecule has 10 heteroatoms. The summed E-state index contributed by atoms with van der Waals surface area (Å²) < 4.78 is 11.5. The maximum Gasteiger partial charge on any atom is 0.315 e. The van der Waals surface area contributed by atoms with Crippen LogP contribution in [0.4, 0.5) is 11.4 Å². The van der Waals surface area contributed by atoms with Crippen LogP contribution in [0.1, 0.15) is 36.0 Å². The number of nitrogens with zero attached hydrogens (tertiary/aromatic N) is 2. The summed E-state index contributed by atoms with van der Waals surface area (Å²) in [6.45, 7) is 1.43. The number of nitrogens with one attached hydrogen (secondary N) is 1. The first-order valence-corrected chi connectivity index (χ1v) is 14.5. The quantitative estimate of drug-likeness (QED) is 0.127. The normalized spacial score (nSPS) is 21.9. The van der Waals surface area contributed by atoms with Crippen molar-refractivity contribution in [3.63, 3.8) is 0 Å². The van der Waals surface area contributed by atoms with Crippen LogP contribution in [-0.4, -0.2) is 33.3 Å². The number of carbonyl (C=O) groups excluding carboxylic acids is 2. The van der Waals surface area contributed by atoms with E-state index in [-0.39, 0.29) is 31.0 Å². The molecule has 1 aliphatic rings. The second-order valence-corrected chi connectivity index (χ2v) is 11.1. The summed E-state index contributed by atoms with van der Waals surface area (Å²) in [5.74, 6) is -4.79. The van der Waals surface area contributed by atoms with Gasteiger partial charge in [0.1, 0.15) is 19.1 Å². The van der Waals surface area contributed by atoms with Crippen LogP contribution >= 0.6 is 0 Å². The Hall–Kier alpha value is -5.35. The van der Waals surface area contributed by atoms with Gasteiger partial charge in [0.25, 0.3) is 5.69 Å². The molecule has 1 fully saturated rings. The fraction of sp³-hybridized carbons (Fsp3) is 0.229. The third-order valence-corrected chi connectivity index (χ3v) is 7.83. The van der Waals surface area contributed by atoms with E-state index in [1.54, 1.807) is 12.1 Å². The number of ether oxygens (including phenoxy) is 2. The molecule has 1 aliphatic carbocycles. The lowest BCUT2D eigenvalue weighted by Gasteiger charge is -2.45. The predicted octanol–water partition coefficient (Wildman–Crippen LogP) is 6.02. The van der Waals surface area contributed by atoms with Crippen LogP contribution in [0.3, 0.4) is 0 Å². The minimum atomic E-state index is -1.71. The van der Waals surface area contributed by atoms with Crippen molar-refractivity contribution in [1.29, 1.82) is 0 Å². The monoisotopic (exact) mass is 607 g/mol. The number of benzene rings is 4. The minimum absolute atomic E-state index is 0.0257. The second kappa shape index (κ2) is 14.0. The SMILES string of the molecule is CC1(O)C/C(=N\Nc2ccccc2)C(C(=O)OCc2ccccc2)C(c2ccc([N+](=O)[O-])cc2)C1C(=O)OCc1ccccc1. The average molecular weight is 608 g/mol. The van der Waals surface area contributed by atoms with Crippen LogP contribution in [0.15, 0.2) is 120 Å². The number of hydrogen-bond donors (Lipinski definition) is 2. The summed E-state index contributed by atoms with van der Waals surface area (Å²) in [5.41, 5.74) is 3.93. The van der Waals surface area contributed by atoms with Crippen LogP contribution < -0.4 is 5.43 Å². The maximum atomic E-state index is 14.0. The predicted molar refractivity (Wildman–Crippen MR) is 168 cm³/mol. The molecule has 2 N–H and O–H groups in total. The number of para-hydroxylation sites is 1. The van der Waals surface area contributed by atoms with E-state index in [4.69, 9.17) is 9.47 Å². The maximum absolute atomic E-state index is 14.0. The third-order valence-electron chi connectivity index (χ3n) is 7.83. The van der Waals surface area contributed by atoms with E-state index in [1.165, 1.54) is 31.2 Å². The summed E-state index contributed by atoms with van der Waals surface area (Å²) >= 11 is 0. The van der Waals surface area contributed by atoms with Gasteiger partial charge in [-0.3, -0.25) is 25.1 Å². The molecule has 45 heavy (non-hydrogen) atoms. The van der Waals surface area contributed by atoms with Crippen molar-refractivity contribution in [1.82, 2.24) is 0 Å². The van der Waals surface area contributed by atoms with Gasteiger partial charge >= 0.3 is 11.9 Å². The summed E-state index contributed by atoms with van der Waals surface area (Å²) in [6.07, 6.45) is -0.146. The van der Waals surface area contributed by atoms with Crippen LogP contribution in [0.25, 0.3) is 0 Å². The molecule has 10 nitrogen and oxygen atoms in total. The van der Waals surface area contributed by atoms with E-state index >= 15 is 0 Å². The lowest BCUT2D eigenvalue weighted by atomic mass is 9.61. The van der Waals surface area contributed by atoms with Gasteiger partial charge in [0, 0.05) is 24.5 Å². The van der Waals surface area contributed by atoms with Gasteiger partial charge in [-0.05, 0) is 35.7 Å². The molecular formula is C35H33N3O7. The summed E-state index contributed by atoms with van der Waals surface area (Å²) in [4.78, 5) is 38.8. The molecule has 0 aliphatic heterocycles. The van der Waals surface area contributed by atoms with E-state index in [1.807, 2.05) is 78.9 Å². The summed E-state index contributed by atoms with van der Waals surface area (Å²) in [6, 6.07) is 32.9. The molecule has 230 valence electrons. The average Bonchev–Trinajstić information content (AvgIpc) is 3.06. The Labute approximate surface area is 260 Å². The fourth-order valence-corrected chi connectivity index (χ4v) is 5.65. The number of hydrazone groups is 1. The van der Waals surface area contributed by atoms with Gasteiger partial charge in [-0.2, -0.15) is 5.10 Å². The molecule has 4 aromatic rings. The van der Waals surface area contributed by atoms with Gasteiger partial charge in [0.05, 0.1) is 27.8 Å². The zero-order valence-electron chi connectivity index (χ0n) is 24.6. The van der Waals surface area contributed by atoms with Crippen LogP contribution in [0.2, 0.25) is 0 Å². The number of non-ortho nitro benzene ring substituents is 1. The number of anilines is 1. The van der Waals surface area contributed by atoms with Crippen molar-refractivity contribution in [2.75, 3.05) is 5.43 Å². The van der Waals surface area contributed by atoms with E-state index < -0.39 is 40.2 Å². The summed E-state index contributed by atoms with van der Waals surface area (Å²) in [5, 5.41) is 27.9. The lowest BCUT2D eigenvalue weighted by Crippen LogP contribution is -2.55. The van der Waals surface area contributed by atoms with Gasteiger partial charge in [-0.25, -0.2) is 0 Å². The molecule has 0 radical (unpaired) electrons. The van der Waals surface area contributed by atoms with Gasteiger partial charge in [-0.1, -0.05) is 91.0 Å². The Morgan fingerprint density at radius 1 is 0.844 bits per heavy atom. The highest BCUT2D eigenvalue weighted by Crippen LogP contribution is 2.47. The number of carbonyl (C=O) groups is 2. The van der Waals surface area contributed by atoms with E-state index in [9.17, 15) is 24.8 Å². The number of aliphatic hydroxyl groups is 1. The highest BCUT2D eigenvalue weighted by molar-refractivity contribution is 6.06. The van der Waals surface area contributed by atoms with E-state index in [2.05, 4.69) is 10.5 Å². The molecule has 1 saturated carbocycles. The zero-order chi connectivity index (χ0) is 31.8. The summed E-state index contributed by atoms with van der Waals surface area (Å²) in [7, 11) is 0. The number of hydrogen-bond acceptors (Lipinski definition) is 9. The van der Waals surface area contributed by atoms with Gasteiger partial charge in [0.15, 0.2) is 0 Å². The van der Waals surface area contributed by atoms with Gasteiger partial charge in [-0.15, -0.1) is 0 Å². The van der Waals surface area contributed by atoms with Crippen LogP contribution in [0, 0.1) is 22.0 Å². The minimum Gasteiger partial charge on any atom is -0.461 e. The Bertz CT molecular complexity index is 1640. The Balaban J connectivity index is 1.57. The topological polar surface area (TPSA) is 140 Å². The second-order valence-electron chi connectivity index (χ2n) is 11.1. The number of esters is 2. The van der Waals surface area contributed by atoms with Crippen molar-refractivity contribution in [2.24, 2.45) is 16.9 Å². The molecular weight excluding hydrogens is 574 g/mol. The third kappa shape index (κ3) is 7.60. The molecule has 4 aromatic carbocycles. The molecule has 4 atom stereocenters. The standard InChI is InChI=1S/C35H33N3O7/c1-35(41)21-29(37-36-27-15-9-4-10-16-27)31(33(39)44-22-24-11-5-2-6-12-24)30(26-17-19-28(20-18-26)38(42)43)32(35)34(40)45-23-25-13-7-3-8-14-25/h2-20,30-32,36,41H,21-23H2,1H3/b37-29+. The molecule has 5 rings (SSSR count). The molecule has 0 amide bonds. The van der Waals surface area contributed by atoms with E-state index in [0.717, 1.165) is 11.1 Å². The Morgan fingerprint density at radius 2 is 1.36 bits per heavy atom. The first-order chi connectivity index (χ1) is 21.7. The molecule has 0 saturated heterocycles. The largest absolute Gasteiger partial charge is 0.461 e. The first kappa shape index (κ1) is 31.1. The van der Waals surface area contributed by atoms with Crippen molar-refractivity contribution in [2.45, 2.75) is 38.1 Å².